The zero-order valence-electron chi connectivity index (χ0n) is 8.72. The third kappa shape index (κ3) is 4.81. The van der Waals surface area contributed by atoms with Crippen LogP contribution in [0.5, 0.6) is 0 Å². The highest BCUT2D eigenvalue weighted by Crippen LogP contribution is 2.14. The van der Waals surface area contributed by atoms with E-state index < -0.39 is 0 Å². The lowest BCUT2D eigenvalue weighted by Gasteiger charge is -2.05. The van der Waals surface area contributed by atoms with Crippen LogP contribution in [0.3, 0.4) is 0 Å². The van der Waals surface area contributed by atoms with Crippen molar-refractivity contribution in [2.75, 3.05) is 18.4 Å². The van der Waals surface area contributed by atoms with E-state index in [1.165, 1.54) is 0 Å². The Hall–Kier alpha value is -1.06. The number of hydrogen-bond acceptors (Lipinski definition) is 2. The second kappa shape index (κ2) is 6.43. The second-order valence-corrected chi connectivity index (χ2v) is 3.60. The number of amides is 1. The van der Waals surface area contributed by atoms with E-state index in [0.717, 1.165) is 12.2 Å². The van der Waals surface area contributed by atoms with Gasteiger partial charge in [0.15, 0.2) is 0 Å². The third-order valence-corrected chi connectivity index (χ3v) is 2.12. The predicted molar refractivity (Wildman–Crippen MR) is 63.2 cm³/mol. The van der Waals surface area contributed by atoms with Gasteiger partial charge in [0.1, 0.15) is 0 Å². The first-order valence-electron chi connectivity index (χ1n) is 4.98. The first-order valence-corrected chi connectivity index (χ1v) is 5.36. The summed E-state index contributed by atoms with van der Waals surface area (Å²) in [4.78, 5) is 11.4. The van der Waals surface area contributed by atoms with Gasteiger partial charge in [-0.3, -0.25) is 4.79 Å². The standard InChI is InChI=1S/C11H15ClN2O/c1-2-13-7-6-11(15)14-10-5-3-4-9(12)8-10/h3-5,8,13H,2,6-7H2,1H3,(H,14,15). The molecule has 0 spiro atoms. The molecule has 2 N–H and O–H groups in total. The Morgan fingerprint density at radius 3 is 2.93 bits per heavy atom. The maximum Gasteiger partial charge on any atom is 0.225 e. The molecule has 82 valence electrons. The van der Waals surface area contributed by atoms with Crippen molar-refractivity contribution < 1.29 is 4.79 Å². The van der Waals surface area contributed by atoms with Crippen molar-refractivity contribution in [2.24, 2.45) is 0 Å². The van der Waals surface area contributed by atoms with Crippen LogP contribution in [0.2, 0.25) is 5.02 Å². The topological polar surface area (TPSA) is 41.1 Å². The van der Waals surface area contributed by atoms with E-state index in [4.69, 9.17) is 11.6 Å². The van der Waals surface area contributed by atoms with E-state index in [2.05, 4.69) is 10.6 Å². The van der Waals surface area contributed by atoms with Gasteiger partial charge < -0.3 is 10.6 Å². The Labute approximate surface area is 94.8 Å². The average molecular weight is 227 g/mol. The van der Waals surface area contributed by atoms with Gasteiger partial charge in [-0.25, -0.2) is 0 Å². The maximum absolute atomic E-state index is 11.4. The number of carbonyl (C=O) groups excluding carboxylic acids is 1. The summed E-state index contributed by atoms with van der Waals surface area (Å²) in [6, 6.07) is 7.13. The zero-order valence-corrected chi connectivity index (χ0v) is 9.47. The summed E-state index contributed by atoms with van der Waals surface area (Å²) < 4.78 is 0. The van der Waals surface area contributed by atoms with Crippen molar-refractivity contribution in [1.82, 2.24) is 5.32 Å². The van der Waals surface area contributed by atoms with Gasteiger partial charge >= 0.3 is 0 Å². The van der Waals surface area contributed by atoms with Gasteiger partial charge in [-0.1, -0.05) is 24.6 Å². The molecule has 0 fully saturated rings. The molecular formula is C11H15ClN2O. The Balaban J connectivity index is 2.37. The highest BCUT2D eigenvalue weighted by molar-refractivity contribution is 6.30. The Bertz CT molecular complexity index is 328. The molecule has 1 rings (SSSR count). The van der Waals surface area contributed by atoms with Crippen LogP contribution in [-0.2, 0) is 4.79 Å². The molecular weight excluding hydrogens is 212 g/mol. The number of nitrogens with one attached hydrogen (secondary N) is 2. The molecule has 1 amide bonds. The van der Waals surface area contributed by atoms with Crippen molar-refractivity contribution in [3.63, 3.8) is 0 Å². The monoisotopic (exact) mass is 226 g/mol. The molecule has 15 heavy (non-hydrogen) atoms. The predicted octanol–water partition coefficient (Wildman–Crippen LogP) is 2.28. The number of anilines is 1. The summed E-state index contributed by atoms with van der Waals surface area (Å²) in [5.41, 5.74) is 0.740. The van der Waals surface area contributed by atoms with Gasteiger partial charge in [-0.05, 0) is 24.7 Å². The Morgan fingerprint density at radius 1 is 1.47 bits per heavy atom. The lowest BCUT2D eigenvalue weighted by molar-refractivity contribution is -0.116. The van der Waals surface area contributed by atoms with E-state index >= 15 is 0 Å². The van der Waals surface area contributed by atoms with Crippen molar-refractivity contribution in [1.29, 1.82) is 0 Å². The largest absolute Gasteiger partial charge is 0.326 e. The second-order valence-electron chi connectivity index (χ2n) is 3.16. The molecule has 0 bridgehead atoms. The minimum atomic E-state index is -0.00165. The van der Waals surface area contributed by atoms with Crippen molar-refractivity contribution in [3.05, 3.63) is 29.3 Å². The van der Waals surface area contributed by atoms with Gasteiger partial charge in [-0.2, -0.15) is 0 Å². The van der Waals surface area contributed by atoms with Crippen LogP contribution in [0.4, 0.5) is 5.69 Å². The van der Waals surface area contributed by atoms with Crippen molar-refractivity contribution >= 4 is 23.2 Å². The zero-order chi connectivity index (χ0) is 11.1. The molecule has 3 nitrogen and oxygen atoms in total. The lowest BCUT2D eigenvalue weighted by Crippen LogP contribution is -2.21. The number of carbonyl (C=O) groups is 1. The Kier molecular flexibility index (Phi) is 5.15. The molecule has 1 aromatic carbocycles. The van der Waals surface area contributed by atoms with Crippen molar-refractivity contribution in [2.45, 2.75) is 13.3 Å². The van der Waals surface area contributed by atoms with E-state index in [-0.39, 0.29) is 5.91 Å². The molecule has 0 aliphatic heterocycles. The number of halogens is 1. The van der Waals surface area contributed by atoms with Gasteiger partial charge in [0.05, 0.1) is 0 Å². The highest BCUT2D eigenvalue weighted by Gasteiger charge is 2.01. The van der Waals surface area contributed by atoms with Gasteiger partial charge in [-0.15, -0.1) is 0 Å². The first kappa shape index (κ1) is 12.0. The van der Waals surface area contributed by atoms with Crippen LogP contribution >= 0.6 is 11.6 Å². The fraction of sp³-hybridized carbons (Fsp3) is 0.364. The quantitative estimate of drug-likeness (QED) is 0.757. The molecule has 0 heterocycles. The highest BCUT2D eigenvalue weighted by atomic mass is 35.5. The SMILES string of the molecule is CCNCCC(=O)Nc1cccc(Cl)c1. The minimum Gasteiger partial charge on any atom is -0.326 e. The third-order valence-electron chi connectivity index (χ3n) is 1.89. The normalized spacial score (nSPS) is 10.0. The molecule has 0 saturated carbocycles. The number of rotatable bonds is 5. The summed E-state index contributed by atoms with van der Waals surface area (Å²) in [6.07, 6.45) is 0.473. The molecule has 0 aliphatic carbocycles. The lowest BCUT2D eigenvalue weighted by atomic mass is 10.3. The summed E-state index contributed by atoms with van der Waals surface area (Å²) in [5.74, 6) is -0.00165. The first-order chi connectivity index (χ1) is 7.22. The molecule has 0 saturated heterocycles. The van der Waals surface area contributed by atoms with Crippen LogP contribution < -0.4 is 10.6 Å². The number of hydrogen-bond donors (Lipinski definition) is 2. The van der Waals surface area contributed by atoms with E-state index in [9.17, 15) is 4.79 Å². The summed E-state index contributed by atoms with van der Waals surface area (Å²) in [6.45, 7) is 3.59. The van der Waals surface area contributed by atoms with E-state index in [1.54, 1.807) is 12.1 Å². The van der Waals surface area contributed by atoms with Crippen LogP contribution in [0.1, 0.15) is 13.3 Å². The van der Waals surface area contributed by atoms with Gasteiger partial charge in [0.2, 0.25) is 5.91 Å². The molecule has 0 aliphatic rings. The van der Waals surface area contributed by atoms with Crippen LogP contribution in [0.25, 0.3) is 0 Å². The molecule has 0 aromatic heterocycles. The smallest absolute Gasteiger partial charge is 0.225 e. The summed E-state index contributed by atoms with van der Waals surface area (Å²) in [5, 5.41) is 6.49. The maximum atomic E-state index is 11.4. The average Bonchev–Trinajstić information content (AvgIpc) is 2.18. The van der Waals surface area contributed by atoms with E-state index in [1.807, 2.05) is 19.1 Å². The van der Waals surface area contributed by atoms with Crippen LogP contribution in [0.15, 0.2) is 24.3 Å². The fourth-order valence-corrected chi connectivity index (χ4v) is 1.36. The molecule has 0 unspecified atom stereocenters. The van der Waals surface area contributed by atoms with Crippen molar-refractivity contribution in [3.8, 4) is 0 Å². The number of benzene rings is 1. The van der Waals surface area contributed by atoms with Gasteiger partial charge in [0.25, 0.3) is 0 Å². The fourth-order valence-electron chi connectivity index (χ4n) is 1.17. The Morgan fingerprint density at radius 2 is 2.27 bits per heavy atom. The molecule has 0 radical (unpaired) electrons. The molecule has 0 atom stereocenters. The summed E-state index contributed by atoms with van der Waals surface area (Å²) in [7, 11) is 0. The molecule has 1 aromatic rings. The summed E-state index contributed by atoms with van der Waals surface area (Å²) >= 11 is 5.79. The molecule has 4 heteroatoms. The van der Waals surface area contributed by atoms with Crippen LogP contribution in [-0.4, -0.2) is 19.0 Å². The minimum absolute atomic E-state index is 0.00165. The van der Waals surface area contributed by atoms with Gasteiger partial charge in [0, 0.05) is 23.7 Å². The van der Waals surface area contributed by atoms with Crippen LogP contribution in [0, 0.1) is 0 Å². The van der Waals surface area contributed by atoms with E-state index in [0.29, 0.717) is 18.0 Å².